The first-order chi connectivity index (χ1) is 12.6. The number of amides is 2. The standard InChI is InChI=1S/C18H25N3O5/c1-20-6-5-19-18(23)14(20)10-17(22)21(7-8-24-2)11-13-3-4-15-16(9-13)26-12-25-15/h3-4,9,14H,5-8,10-12H2,1-2H3,(H,19,23). The minimum absolute atomic E-state index is 0.0754. The van der Waals surface area contributed by atoms with Gasteiger partial charge in [-0.15, -0.1) is 0 Å². The highest BCUT2D eigenvalue weighted by molar-refractivity contribution is 5.88. The van der Waals surface area contributed by atoms with Crippen LogP contribution in [0.5, 0.6) is 11.5 Å². The van der Waals surface area contributed by atoms with Crippen LogP contribution in [0.15, 0.2) is 18.2 Å². The second-order valence-corrected chi connectivity index (χ2v) is 6.49. The van der Waals surface area contributed by atoms with Gasteiger partial charge in [-0.25, -0.2) is 0 Å². The average molecular weight is 363 g/mol. The normalized spacial score (nSPS) is 19.3. The molecule has 1 saturated heterocycles. The fourth-order valence-corrected chi connectivity index (χ4v) is 3.13. The Hall–Kier alpha value is -2.32. The van der Waals surface area contributed by atoms with E-state index in [0.29, 0.717) is 37.7 Å². The molecule has 3 rings (SSSR count). The number of likely N-dealkylation sites (N-methyl/N-ethyl adjacent to an activating group) is 1. The fourth-order valence-electron chi connectivity index (χ4n) is 3.13. The quantitative estimate of drug-likeness (QED) is 0.746. The third-order valence-corrected chi connectivity index (χ3v) is 4.69. The van der Waals surface area contributed by atoms with Crippen LogP contribution < -0.4 is 14.8 Å². The Balaban J connectivity index is 1.68. The molecule has 0 bridgehead atoms. The van der Waals surface area contributed by atoms with E-state index in [1.54, 1.807) is 12.0 Å². The third kappa shape index (κ3) is 4.25. The molecule has 2 amide bonds. The number of benzene rings is 1. The van der Waals surface area contributed by atoms with Gasteiger partial charge in [0.2, 0.25) is 18.6 Å². The molecule has 2 aliphatic rings. The summed E-state index contributed by atoms with van der Waals surface area (Å²) in [4.78, 5) is 28.6. The van der Waals surface area contributed by atoms with E-state index in [2.05, 4.69) is 5.32 Å². The van der Waals surface area contributed by atoms with Crippen molar-refractivity contribution in [3.8, 4) is 11.5 Å². The van der Waals surface area contributed by atoms with Crippen LogP contribution in [0.1, 0.15) is 12.0 Å². The van der Waals surface area contributed by atoms with Gasteiger partial charge in [-0.2, -0.15) is 0 Å². The molecule has 8 heteroatoms. The molecule has 1 atom stereocenters. The summed E-state index contributed by atoms with van der Waals surface area (Å²) in [5.74, 6) is 1.23. The van der Waals surface area contributed by atoms with Gasteiger partial charge in [-0.05, 0) is 24.7 Å². The molecule has 2 aliphatic heterocycles. The summed E-state index contributed by atoms with van der Waals surface area (Å²) in [5.41, 5.74) is 0.945. The van der Waals surface area contributed by atoms with Crippen LogP contribution in [0.4, 0.5) is 0 Å². The Morgan fingerprint density at radius 2 is 2.19 bits per heavy atom. The lowest BCUT2D eigenvalue weighted by atomic mass is 10.1. The van der Waals surface area contributed by atoms with E-state index in [4.69, 9.17) is 14.2 Å². The van der Waals surface area contributed by atoms with Crippen molar-refractivity contribution in [1.82, 2.24) is 15.1 Å². The maximum absolute atomic E-state index is 12.9. The van der Waals surface area contributed by atoms with E-state index in [-0.39, 0.29) is 25.0 Å². The van der Waals surface area contributed by atoms with E-state index >= 15 is 0 Å². The molecule has 26 heavy (non-hydrogen) atoms. The summed E-state index contributed by atoms with van der Waals surface area (Å²) in [7, 11) is 3.47. The molecule has 8 nitrogen and oxygen atoms in total. The number of hydrogen-bond donors (Lipinski definition) is 1. The fraction of sp³-hybridized carbons (Fsp3) is 0.556. The van der Waals surface area contributed by atoms with Gasteiger partial charge in [-0.3, -0.25) is 14.5 Å². The topological polar surface area (TPSA) is 80.3 Å². The number of ether oxygens (including phenoxy) is 3. The maximum atomic E-state index is 12.9. The predicted molar refractivity (Wildman–Crippen MR) is 93.9 cm³/mol. The van der Waals surface area contributed by atoms with Crippen molar-refractivity contribution < 1.29 is 23.8 Å². The van der Waals surface area contributed by atoms with Crippen molar-refractivity contribution >= 4 is 11.8 Å². The number of carbonyl (C=O) groups excluding carboxylic acids is 2. The molecule has 0 aromatic heterocycles. The lowest BCUT2D eigenvalue weighted by Gasteiger charge is -2.33. The van der Waals surface area contributed by atoms with Gasteiger partial charge < -0.3 is 24.4 Å². The van der Waals surface area contributed by atoms with Gasteiger partial charge in [0.05, 0.1) is 19.1 Å². The van der Waals surface area contributed by atoms with E-state index < -0.39 is 6.04 Å². The molecular weight excluding hydrogens is 338 g/mol. The molecule has 1 fully saturated rings. The van der Waals surface area contributed by atoms with Crippen LogP contribution >= 0.6 is 0 Å². The highest BCUT2D eigenvalue weighted by Crippen LogP contribution is 2.32. The third-order valence-electron chi connectivity index (χ3n) is 4.69. The van der Waals surface area contributed by atoms with Crippen molar-refractivity contribution in [3.05, 3.63) is 23.8 Å². The zero-order chi connectivity index (χ0) is 18.5. The van der Waals surface area contributed by atoms with Crippen LogP contribution in [0.25, 0.3) is 0 Å². The van der Waals surface area contributed by atoms with Crippen LogP contribution in [-0.4, -0.2) is 74.8 Å². The molecule has 1 aromatic carbocycles. The Morgan fingerprint density at radius 1 is 1.38 bits per heavy atom. The van der Waals surface area contributed by atoms with Gasteiger partial charge in [-0.1, -0.05) is 6.07 Å². The van der Waals surface area contributed by atoms with E-state index in [9.17, 15) is 9.59 Å². The first-order valence-electron chi connectivity index (χ1n) is 8.71. The molecular formula is C18H25N3O5. The minimum Gasteiger partial charge on any atom is -0.454 e. The lowest BCUT2D eigenvalue weighted by Crippen LogP contribution is -2.55. The smallest absolute Gasteiger partial charge is 0.237 e. The highest BCUT2D eigenvalue weighted by atomic mass is 16.7. The number of carbonyl (C=O) groups is 2. The highest BCUT2D eigenvalue weighted by Gasteiger charge is 2.30. The molecule has 1 unspecified atom stereocenters. The number of hydrogen-bond acceptors (Lipinski definition) is 6. The number of rotatable bonds is 7. The summed E-state index contributed by atoms with van der Waals surface area (Å²) in [6, 6.07) is 5.21. The Kier molecular flexibility index (Phi) is 5.95. The number of nitrogens with zero attached hydrogens (tertiary/aromatic N) is 2. The molecule has 142 valence electrons. The van der Waals surface area contributed by atoms with Crippen molar-refractivity contribution in [3.63, 3.8) is 0 Å². The molecule has 0 radical (unpaired) electrons. The number of methoxy groups -OCH3 is 1. The largest absolute Gasteiger partial charge is 0.454 e. The van der Waals surface area contributed by atoms with E-state index in [0.717, 1.165) is 12.1 Å². The second-order valence-electron chi connectivity index (χ2n) is 6.49. The van der Waals surface area contributed by atoms with Crippen molar-refractivity contribution in [2.45, 2.75) is 19.0 Å². The zero-order valence-corrected chi connectivity index (χ0v) is 15.2. The molecule has 1 aromatic rings. The predicted octanol–water partition coefficient (Wildman–Crippen LogP) is 0.211. The lowest BCUT2D eigenvalue weighted by molar-refractivity contribution is -0.139. The van der Waals surface area contributed by atoms with Crippen molar-refractivity contribution in [2.75, 3.05) is 47.2 Å². The van der Waals surface area contributed by atoms with Crippen LogP contribution in [-0.2, 0) is 20.9 Å². The Morgan fingerprint density at radius 3 is 2.96 bits per heavy atom. The summed E-state index contributed by atoms with van der Waals surface area (Å²) in [6.45, 7) is 2.89. The van der Waals surface area contributed by atoms with E-state index in [1.807, 2.05) is 30.1 Å². The molecule has 0 saturated carbocycles. The average Bonchev–Trinajstić information content (AvgIpc) is 3.09. The summed E-state index contributed by atoms with van der Waals surface area (Å²) in [6.07, 6.45) is 0.149. The first-order valence-corrected chi connectivity index (χ1v) is 8.71. The molecule has 1 N–H and O–H groups in total. The summed E-state index contributed by atoms with van der Waals surface area (Å²) in [5, 5.41) is 2.82. The van der Waals surface area contributed by atoms with Gasteiger partial charge in [0.1, 0.15) is 0 Å². The number of piperazine rings is 1. The molecule has 0 aliphatic carbocycles. The van der Waals surface area contributed by atoms with E-state index in [1.165, 1.54) is 0 Å². The van der Waals surface area contributed by atoms with Gasteiger partial charge in [0.15, 0.2) is 11.5 Å². The zero-order valence-electron chi connectivity index (χ0n) is 15.2. The number of nitrogens with one attached hydrogen (secondary N) is 1. The Labute approximate surface area is 153 Å². The molecule has 2 heterocycles. The summed E-state index contributed by atoms with van der Waals surface area (Å²) < 4.78 is 15.9. The second kappa shape index (κ2) is 8.37. The SMILES string of the molecule is COCCN(Cc1ccc2c(c1)OCO2)C(=O)CC1C(=O)NCCN1C. The van der Waals surface area contributed by atoms with Crippen molar-refractivity contribution in [1.29, 1.82) is 0 Å². The van der Waals surface area contributed by atoms with Crippen molar-refractivity contribution in [2.24, 2.45) is 0 Å². The molecule has 0 spiro atoms. The minimum atomic E-state index is -0.432. The van der Waals surface area contributed by atoms with Crippen LogP contribution in [0, 0.1) is 0 Å². The van der Waals surface area contributed by atoms with Gasteiger partial charge in [0.25, 0.3) is 0 Å². The van der Waals surface area contributed by atoms with Gasteiger partial charge >= 0.3 is 0 Å². The van der Waals surface area contributed by atoms with Crippen LogP contribution in [0.3, 0.4) is 0 Å². The van der Waals surface area contributed by atoms with Gasteiger partial charge in [0, 0.05) is 33.3 Å². The summed E-state index contributed by atoms with van der Waals surface area (Å²) >= 11 is 0. The maximum Gasteiger partial charge on any atom is 0.237 e. The Bertz CT molecular complexity index is 666. The van der Waals surface area contributed by atoms with Crippen LogP contribution in [0.2, 0.25) is 0 Å². The first kappa shape index (κ1) is 18.5. The monoisotopic (exact) mass is 363 g/mol. The number of fused-ring (bicyclic) bond motifs is 1.